The minimum absolute atomic E-state index is 0.0853. The monoisotopic (exact) mass is 238 g/mol. The molecule has 0 bridgehead atoms. The van der Waals surface area contributed by atoms with Gasteiger partial charge in [-0.3, -0.25) is 10.1 Å². The lowest BCUT2D eigenvalue weighted by Gasteiger charge is -2.13. The average Bonchev–Trinajstić information content (AvgIpc) is 2.27. The standard InChI is InChI=1S/C12H18N2O3/c1-3-4-11(15)8-13-12-6-5-10(14(16)17)7-9(12)2/h5-7,11,13,15H,3-4,8H2,1-2H3. The summed E-state index contributed by atoms with van der Waals surface area (Å²) in [6.45, 7) is 4.29. The van der Waals surface area contributed by atoms with E-state index < -0.39 is 4.92 Å². The summed E-state index contributed by atoms with van der Waals surface area (Å²) in [5, 5.41) is 23.2. The van der Waals surface area contributed by atoms with Gasteiger partial charge in [0.2, 0.25) is 0 Å². The first-order valence-electron chi connectivity index (χ1n) is 5.71. The molecule has 0 saturated carbocycles. The molecule has 1 rings (SSSR count). The van der Waals surface area contributed by atoms with E-state index in [0.717, 1.165) is 24.1 Å². The first-order chi connectivity index (χ1) is 8.04. The molecule has 94 valence electrons. The van der Waals surface area contributed by atoms with Crippen LogP contribution >= 0.6 is 0 Å². The van der Waals surface area contributed by atoms with Crippen molar-refractivity contribution in [3.8, 4) is 0 Å². The molecule has 0 aromatic heterocycles. The van der Waals surface area contributed by atoms with Gasteiger partial charge in [-0.1, -0.05) is 13.3 Å². The average molecular weight is 238 g/mol. The maximum absolute atomic E-state index is 10.6. The lowest BCUT2D eigenvalue weighted by atomic mass is 10.1. The van der Waals surface area contributed by atoms with Gasteiger partial charge in [0.15, 0.2) is 0 Å². The number of nitro groups is 1. The van der Waals surface area contributed by atoms with Crippen molar-refractivity contribution < 1.29 is 10.0 Å². The van der Waals surface area contributed by atoms with Gasteiger partial charge in [-0.15, -0.1) is 0 Å². The van der Waals surface area contributed by atoms with Gasteiger partial charge in [-0.25, -0.2) is 0 Å². The van der Waals surface area contributed by atoms with Crippen LogP contribution < -0.4 is 5.32 Å². The number of aliphatic hydroxyl groups is 1. The molecule has 0 aliphatic rings. The number of nitrogens with one attached hydrogen (secondary N) is 1. The smallest absolute Gasteiger partial charge is 0.269 e. The van der Waals surface area contributed by atoms with E-state index in [1.54, 1.807) is 6.07 Å². The van der Waals surface area contributed by atoms with Crippen LogP contribution in [0.3, 0.4) is 0 Å². The number of non-ortho nitro benzene ring substituents is 1. The van der Waals surface area contributed by atoms with Gasteiger partial charge in [0.25, 0.3) is 5.69 Å². The van der Waals surface area contributed by atoms with Crippen LogP contribution in [-0.4, -0.2) is 22.7 Å². The first kappa shape index (κ1) is 13.4. The Morgan fingerprint density at radius 2 is 2.24 bits per heavy atom. The van der Waals surface area contributed by atoms with Gasteiger partial charge < -0.3 is 10.4 Å². The Bertz CT molecular complexity index is 393. The highest BCUT2D eigenvalue weighted by molar-refractivity contribution is 5.55. The normalized spacial score (nSPS) is 12.2. The van der Waals surface area contributed by atoms with E-state index in [9.17, 15) is 15.2 Å². The summed E-state index contributed by atoms with van der Waals surface area (Å²) < 4.78 is 0. The molecular weight excluding hydrogens is 220 g/mol. The van der Waals surface area contributed by atoms with Crippen molar-refractivity contribution in [2.24, 2.45) is 0 Å². The minimum Gasteiger partial charge on any atom is -0.391 e. The van der Waals surface area contributed by atoms with Crippen molar-refractivity contribution >= 4 is 11.4 Å². The Hall–Kier alpha value is -1.62. The molecule has 5 heteroatoms. The van der Waals surface area contributed by atoms with E-state index in [0.29, 0.717) is 6.54 Å². The van der Waals surface area contributed by atoms with Gasteiger partial charge in [-0.05, 0) is 25.0 Å². The second kappa shape index (κ2) is 6.20. The van der Waals surface area contributed by atoms with Crippen LogP contribution in [0.4, 0.5) is 11.4 Å². The van der Waals surface area contributed by atoms with Gasteiger partial charge in [-0.2, -0.15) is 0 Å². The second-order valence-corrected chi connectivity index (χ2v) is 4.08. The Labute approximate surface area is 101 Å². The zero-order valence-electron chi connectivity index (χ0n) is 10.1. The van der Waals surface area contributed by atoms with Crippen molar-refractivity contribution in [3.63, 3.8) is 0 Å². The van der Waals surface area contributed by atoms with Crippen LogP contribution in [0.5, 0.6) is 0 Å². The molecule has 1 atom stereocenters. The molecule has 0 saturated heterocycles. The Kier molecular flexibility index (Phi) is 4.90. The number of hydrogen-bond acceptors (Lipinski definition) is 4. The predicted molar refractivity (Wildman–Crippen MR) is 67.2 cm³/mol. The zero-order valence-corrected chi connectivity index (χ0v) is 10.1. The zero-order chi connectivity index (χ0) is 12.8. The highest BCUT2D eigenvalue weighted by Gasteiger charge is 2.08. The highest BCUT2D eigenvalue weighted by atomic mass is 16.6. The molecule has 1 unspecified atom stereocenters. The topological polar surface area (TPSA) is 75.4 Å². The lowest BCUT2D eigenvalue weighted by molar-refractivity contribution is -0.384. The quantitative estimate of drug-likeness (QED) is 0.589. The number of aryl methyl sites for hydroxylation is 1. The van der Waals surface area contributed by atoms with Crippen LogP contribution in [0, 0.1) is 17.0 Å². The summed E-state index contributed by atoms with van der Waals surface area (Å²) in [5.74, 6) is 0. The molecular formula is C12H18N2O3. The van der Waals surface area contributed by atoms with Crippen molar-refractivity contribution in [3.05, 3.63) is 33.9 Å². The minimum atomic E-state index is -0.414. The molecule has 5 nitrogen and oxygen atoms in total. The highest BCUT2D eigenvalue weighted by Crippen LogP contribution is 2.21. The van der Waals surface area contributed by atoms with E-state index >= 15 is 0 Å². The SMILES string of the molecule is CCCC(O)CNc1ccc([N+](=O)[O-])cc1C. The lowest BCUT2D eigenvalue weighted by Crippen LogP contribution is -2.19. The first-order valence-corrected chi connectivity index (χ1v) is 5.71. The van der Waals surface area contributed by atoms with Crippen LogP contribution in [0.1, 0.15) is 25.3 Å². The van der Waals surface area contributed by atoms with E-state index in [-0.39, 0.29) is 11.8 Å². The summed E-state index contributed by atoms with van der Waals surface area (Å²) in [6.07, 6.45) is 1.30. The third-order valence-corrected chi connectivity index (χ3v) is 2.57. The van der Waals surface area contributed by atoms with Crippen LogP contribution in [0.2, 0.25) is 0 Å². The van der Waals surface area contributed by atoms with Crippen molar-refractivity contribution in [2.45, 2.75) is 32.8 Å². The largest absolute Gasteiger partial charge is 0.391 e. The number of nitro benzene ring substituents is 1. The molecule has 0 heterocycles. The van der Waals surface area contributed by atoms with E-state index in [2.05, 4.69) is 5.32 Å². The Morgan fingerprint density at radius 3 is 2.76 bits per heavy atom. The third-order valence-electron chi connectivity index (χ3n) is 2.57. The number of benzene rings is 1. The van der Waals surface area contributed by atoms with Crippen LogP contribution in [-0.2, 0) is 0 Å². The van der Waals surface area contributed by atoms with E-state index in [1.807, 2.05) is 13.8 Å². The molecule has 0 aliphatic carbocycles. The third kappa shape index (κ3) is 4.03. The molecule has 0 amide bonds. The summed E-state index contributed by atoms with van der Waals surface area (Å²) in [4.78, 5) is 10.1. The summed E-state index contributed by atoms with van der Waals surface area (Å²) >= 11 is 0. The second-order valence-electron chi connectivity index (χ2n) is 4.08. The molecule has 0 aliphatic heterocycles. The number of anilines is 1. The van der Waals surface area contributed by atoms with Crippen molar-refractivity contribution in [1.29, 1.82) is 0 Å². The van der Waals surface area contributed by atoms with Gasteiger partial charge in [0, 0.05) is 24.4 Å². The molecule has 2 N–H and O–H groups in total. The number of aliphatic hydroxyl groups excluding tert-OH is 1. The fourth-order valence-electron chi connectivity index (χ4n) is 1.62. The van der Waals surface area contributed by atoms with E-state index in [4.69, 9.17) is 0 Å². The Morgan fingerprint density at radius 1 is 1.53 bits per heavy atom. The molecule has 0 fully saturated rings. The summed E-state index contributed by atoms with van der Waals surface area (Å²) in [6, 6.07) is 4.65. The predicted octanol–water partition coefficient (Wildman–Crippen LogP) is 2.48. The number of nitrogens with zero attached hydrogens (tertiary/aromatic N) is 1. The van der Waals surface area contributed by atoms with Gasteiger partial charge in [0.1, 0.15) is 0 Å². The molecule has 0 spiro atoms. The van der Waals surface area contributed by atoms with Gasteiger partial charge >= 0.3 is 0 Å². The Balaban J connectivity index is 2.63. The van der Waals surface area contributed by atoms with Crippen molar-refractivity contribution in [1.82, 2.24) is 0 Å². The molecule has 17 heavy (non-hydrogen) atoms. The van der Waals surface area contributed by atoms with E-state index in [1.165, 1.54) is 12.1 Å². The maximum atomic E-state index is 10.6. The fourth-order valence-corrected chi connectivity index (χ4v) is 1.62. The molecule has 1 aromatic rings. The van der Waals surface area contributed by atoms with Crippen LogP contribution in [0.25, 0.3) is 0 Å². The van der Waals surface area contributed by atoms with Crippen molar-refractivity contribution in [2.75, 3.05) is 11.9 Å². The fraction of sp³-hybridized carbons (Fsp3) is 0.500. The molecule has 0 radical (unpaired) electrons. The summed E-state index contributed by atoms with van der Waals surface area (Å²) in [7, 11) is 0. The summed E-state index contributed by atoms with van der Waals surface area (Å²) in [5.41, 5.74) is 1.72. The number of rotatable bonds is 6. The number of hydrogen-bond donors (Lipinski definition) is 2. The molecule has 1 aromatic carbocycles. The van der Waals surface area contributed by atoms with Crippen LogP contribution in [0.15, 0.2) is 18.2 Å². The van der Waals surface area contributed by atoms with Gasteiger partial charge in [0.05, 0.1) is 11.0 Å². The maximum Gasteiger partial charge on any atom is 0.269 e.